The summed E-state index contributed by atoms with van der Waals surface area (Å²) < 4.78 is 18.8. The monoisotopic (exact) mass is 309 g/mol. The Balaban J connectivity index is 2.36. The van der Waals surface area contributed by atoms with Crippen molar-refractivity contribution in [2.45, 2.75) is 0 Å². The molecule has 3 aromatic rings. The van der Waals surface area contributed by atoms with Crippen LogP contribution in [0.1, 0.15) is 0 Å². The zero-order valence-electron chi connectivity index (χ0n) is 9.86. The summed E-state index contributed by atoms with van der Waals surface area (Å²) in [6.45, 7) is 0. The minimum Gasteiger partial charge on any atom is -0.403 e. The molecule has 0 spiro atoms. The van der Waals surface area contributed by atoms with E-state index in [2.05, 4.69) is 4.98 Å². The molecule has 0 aliphatic carbocycles. The van der Waals surface area contributed by atoms with Crippen LogP contribution in [0.25, 0.3) is 22.4 Å². The van der Waals surface area contributed by atoms with Gasteiger partial charge in [0.05, 0.1) is 16.1 Å². The van der Waals surface area contributed by atoms with Gasteiger partial charge in [-0.1, -0.05) is 35.3 Å². The fraction of sp³-hybridized carbons (Fsp3) is 0. The van der Waals surface area contributed by atoms with Crippen molar-refractivity contribution in [3.05, 3.63) is 62.7 Å². The highest BCUT2D eigenvalue weighted by molar-refractivity contribution is 6.38. The molecule has 0 saturated heterocycles. The summed E-state index contributed by atoms with van der Waals surface area (Å²) >= 11 is 11.8. The highest BCUT2D eigenvalue weighted by Gasteiger charge is 2.14. The SMILES string of the molecule is O=c1oc(-c2ccccc2F)nc2cc(Cl)cc(Cl)c12. The molecule has 0 unspecified atom stereocenters. The van der Waals surface area contributed by atoms with Gasteiger partial charge < -0.3 is 4.42 Å². The molecule has 20 heavy (non-hydrogen) atoms. The summed E-state index contributed by atoms with van der Waals surface area (Å²) in [7, 11) is 0. The van der Waals surface area contributed by atoms with E-state index in [1.54, 1.807) is 6.07 Å². The molecule has 2 aromatic carbocycles. The molecule has 3 rings (SSSR count). The molecule has 0 aliphatic rings. The molecule has 0 fully saturated rings. The van der Waals surface area contributed by atoms with Crippen LogP contribution in [0, 0.1) is 5.82 Å². The third-order valence-corrected chi connectivity index (χ3v) is 3.27. The maximum absolute atomic E-state index is 13.7. The first kappa shape index (κ1) is 13.1. The fourth-order valence-corrected chi connectivity index (χ4v) is 2.43. The van der Waals surface area contributed by atoms with Gasteiger partial charge in [-0.25, -0.2) is 14.2 Å². The molecular weight excluding hydrogens is 304 g/mol. The summed E-state index contributed by atoms with van der Waals surface area (Å²) in [6.07, 6.45) is 0. The first-order valence-corrected chi connectivity index (χ1v) is 6.36. The van der Waals surface area contributed by atoms with Gasteiger partial charge in [-0.15, -0.1) is 0 Å². The standard InChI is InChI=1S/C14H6Cl2FNO2/c15-7-5-9(16)12-11(6-7)18-13(20-14(12)19)8-3-1-2-4-10(8)17/h1-6H. The predicted octanol–water partition coefficient (Wildman–Crippen LogP) is 4.30. The molecule has 0 aliphatic heterocycles. The van der Waals surface area contributed by atoms with Crippen molar-refractivity contribution in [2.24, 2.45) is 0 Å². The van der Waals surface area contributed by atoms with Crippen molar-refractivity contribution in [2.75, 3.05) is 0 Å². The van der Waals surface area contributed by atoms with Gasteiger partial charge in [-0.3, -0.25) is 0 Å². The number of fused-ring (bicyclic) bond motifs is 1. The Labute approximate surface area is 122 Å². The average Bonchev–Trinajstić information content (AvgIpc) is 2.37. The van der Waals surface area contributed by atoms with E-state index < -0.39 is 11.4 Å². The zero-order chi connectivity index (χ0) is 14.3. The Hall–Kier alpha value is -1.91. The van der Waals surface area contributed by atoms with E-state index in [9.17, 15) is 9.18 Å². The van der Waals surface area contributed by atoms with Crippen molar-refractivity contribution in [1.82, 2.24) is 4.98 Å². The Morgan fingerprint density at radius 3 is 2.65 bits per heavy atom. The minimum absolute atomic E-state index is 0.0996. The molecule has 1 aromatic heterocycles. The average molecular weight is 310 g/mol. The van der Waals surface area contributed by atoms with Crippen LogP contribution in [0.4, 0.5) is 4.39 Å². The van der Waals surface area contributed by atoms with Crippen LogP contribution >= 0.6 is 23.2 Å². The first-order valence-electron chi connectivity index (χ1n) is 5.61. The summed E-state index contributed by atoms with van der Waals surface area (Å²) in [5, 5.41) is 0.602. The number of hydrogen-bond donors (Lipinski definition) is 0. The molecule has 0 amide bonds. The van der Waals surface area contributed by atoms with Crippen LogP contribution < -0.4 is 5.63 Å². The summed E-state index contributed by atoms with van der Waals surface area (Å²) in [5.41, 5.74) is -0.325. The lowest BCUT2D eigenvalue weighted by Gasteiger charge is -2.04. The lowest BCUT2D eigenvalue weighted by molar-refractivity contribution is 0.512. The number of hydrogen-bond acceptors (Lipinski definition) is 3. The molecule has 100 valence electrons. The van der Waals surface area contributed by atoms with E-state index >= 15 is 0 Å². The maximum Gasteiger partial charge on any atom is 0.348 e. The number of halogens is 3. The fourth-order valence-electron chi connectivity index (χ4n) is 1.87. The van der Waals surface area contributed by atoms with Crippen LogP contribution in [0.2, 0.25) is 10.0 Å². The highest BCUT2D eigenvalue weighted by Crippen LogP contribution is 2.27. The third kappa shape index (κ3) is 2.17. The molecule has 0 bridgehead atoms. The van der Waals surface area contributed by atoms with Gasteiger partial charge in [0.2, 0.25) is 5.89 Å². The highest BCUT2D eigenvalue weighted by atomic mass is 35.5. The second-order valence-electron chi connectivity index (χ2n) is 4.07. The van der Waals surface area contributed by atoms with Gasteiger partial charge >= 0.3 is 5.63 Å². The van der Waals surface area contributed by atoms with Crippen LogP contribution in [0.3, 0.4) is 0 Å². The van der Waals surface area contributed by atoms with E-state index in [1.807, 2.05) is 0 Å². The van der Waals surface area contributed by atoms with Crippen molar-refractivity contribution >= 4 is 34.1 Å². The molecule has 1 heterocycles. The molecule has 6 heteroatoms. The number of rotatable bonds is 1. The normalized spacial score (nSPS) is 10.9. The lowest BCUT2D eigenvalue weighted by Crippen LogP contribution is -2.04. The Morgan fingerprint density at radius 2 is 1.90 bits per heavy atom. The predicted molar refractivity (Wildman–Crippen MR) is 75.7 cm³/mol. The second-order valence-corrected chi connectivity index (χ2v) is 4.91. The largest absolute Gasteiger partial charge is 0.403 e. The minimum atomic E-state index is -0.685. The third-order valence-electron chi connectivity index (χ3n) is 2.75. The van der Waals surface area contributed by atoms with Crippen molar-refractivity contribution in [3.8, 4) is 11.5 Å². The van der Waals surface area contributed by atoms with Crippen LogP contribution in [-0.4, -0.2) is 4.98 Å². The van der Waals surface area contributed by atoms with E-state index in [1.165, 1.54) is 30.3 Å². The van der Waals surface area contributed by atoms with Gasteiger partial charge in [0.15, 0.2) is 0 Å². The number of benzene rings is 2. The summed E-state index contributed by atoms with van der Waals surface area (Å²) in [4.78, 5) is 16.1. The summed E-state index contributed by atoms with van der Waals surface area (Å²) in [6, 6.07) is 8.78. The molecule has 3 nitrogen and oxygen atoms in total. The van der Waals surface area contributed by atoms with E-state index in [0.29, 0.717) is 5.02 Å². The summed E-state index contributed by atoms with van der Waals surface area (Å²) in [5.74, 6) is -0.644. The topological polar surface area (TPSA) is 43.1 Å². The van der Waals surface area contributed by atoms with Gasteiger partial charge in [0, 0.05) is 5.02 Å². The van der Waals surface area contributed by atoms with Crippen LogP contribution in [0.5, 0.6) is 0 Å². The Kier molecular flexibility index (Phi) is 3.20. The second kappa shape index (κ2) is 4.89. The van der Waals surface area contributed by atoms with Gasteiger partial charge in [0.25, 0.3) is 0 Å². The Bertz CT molecular complexity index is 877. The van der Waals surface area contributed by atoms with Crippen LogP contribution in [0.15, 0.2) is 45.6 Å². The molecule has 0 N–H and O–H groups in total. The van der Waals surface area contributed by atoms with E-state index in [-0.39, 0.29) is 27.4 Å². The van der Waals surface area contributed by atoms with E-state index in [4.69, 9.17) is 27.6 Å². The quantitative estimate of drug-likeness (QED) is 0.673. The molecule has 0 saturated carbocycles. The van der Waals surface area contributed by atoms with Gasteiger partial charge in [0.1, 0.15) is 11.2 Å². The molecular formula is C14H6Cl2FNO2. The smallest absolute Gasteiger partial charge is 0.348 e. The van der Waals surface area contributed by atoms with E-state index in [0.717, 1.165) is 0 Å². The first-order chi connectivity index (χ1) is 9.56. The zero-order valence-corrected chi connectivity index (χ0v) is 11.4. The number of aromatic nitrogens is 1. The van der Waals surface area contributed by atoms with Gasteiger partial charge in [-0.2, -0.15) is 0 Å². The van der Waals surface area contributed by atoms with Crippen molar-refractivity contribution in [3.63, 3.8) is 0 Å². The lowest BCUT2D eigenvalue weighted by atomic mass is 10.2. The Morgan fingerprint density at radius 1 is 1.15 bits per heavy atom. The maximum atomic E-state index is 13.7. The molecule has 0 radical (unpaired) electrons. The van der Waals surface area contributed by atoms with Gasteiger partial charge in [-0.05, 0) is 24.3 Å². The van der Waals surface area contributed by atoms with Crippen LogP contribution in [-0.2, 0) is 0 Å². The molecule has 0 atom stereocenters. The number of nitrogens with zero attached hydrogens (tertiary/aromatic N) is 1. The van der Waals surface area contributed by atoms with Crippen molar-refractivity contribution in [1.29, 1.82) is 0 Å². The van der Waals surface area contributed by atoms with Crippen molar-refractivity contribution < 1.29 is 8.81 Å².